The molecule has 0 saturated heterocycles. The first-order valence-electron chi connectivity index (χ1n) is 38.9. The number of aliphatic hydroxyl groups is 1. The number of phosphoric ester groups is 2. The normalized spacial score (nSPS) is 14.4. The van der Waals surface area contributed by atoms with Crippen LogP contribution in [0.4, 0.5) is 0 Å². The molecule has 19 heteroatoms. The first-order chi connectivity index (χ1) is 45.3. The van der Waals surface area contributed by atoms with Crippen molar-refractivity contribution < 1.29 is 80.2 Å². The monoisotopic (exact) mass is 1380 g/mol. The summed E-state index contributed by atoms with van der Waals surface area (Å²) < 4.78 is 68.4. The van der Waals surface area contributed by atoms with E-state index in [9.17, 15) is 43.2 Å². The second-order valence-corrected chi connectivity index (χ2v) is 31.1. The van der Waals surface area contributed by atoms with E-state index in [1.54, 1.807) is 0 Å². The Hall–Kier alpha value is -1.94. The summed E-state index contributed by atoms with van der Waals surface area (Å²) in [6.45, 7) is 11.9. The number of rotatable bonds is 73. The van der Waals surface area contributed by atoms with Gasteiger partial charge in [-0.05, 0) is 43.4 Å². The number of phosphoric acid groups is 2. The van der Waals surface area contributed by atoms with E-state index in [0.29, 0.717) is 25.7 Å². The molecule has 0 heterocycles. The molecule has 0 aromatic heterocycles. The summed E-state index contributed by atoms with van der Waals surface area (Å²) >= 11 is 0. The Morgan fingerprint density at radius 3 is 0.809 bits per heavy atom. The third-order valence-corrected chi connectivity index (χ3v) is 19.6. The molecule has 0 amide bonds. The summed E-state index contributed by atoms with van der Waals surface area (Å²) in [7, 11) is -9.91. The third kappa shape index (κ3) is 67.3. The maximum Gasteiger partial charge on any atom is 0.472 e. The highest BCUT2D eigenvalue weighted by Gasteiger charge is 2.30. The van der Waals surface area contributed by atoms with Gasteiger partial charge in [-0.25, -0.2) is 9.13 Å². The van der Waals surface area contributed by atoms with Gasteiger partial charge >= 0.3 is 39.5 Å². The van der Waals surface area contributed by atoms with Crippen LogP contribution in [0.25, 0.3) is 0 Å². The summed E-state index contributed by atoms with van der Waals surface area (Å²) in [5.74, 6) is 0.259. The number of aliphatic hydroxyl groups excluding tert-OH is 1. The largest absolute Gasteiger partial charge is 0.472 e. The van der Waals surface area contributed by atoms with Crippen molar-refractivity contribution in [2.24, 2.45) is 17.8 Å². The fraction of sp³-hybridized carbons (Fsp3) is 0.947. The van der Waals surface area contributed by atoms with Gasteiger partial charge in [0.2, 0.25) is 0 Å². The predicted octanol–water partition coefficient (Wildman–Crippen LogP) is 21.8. The second kappa shape index (κ2) is 65.7. The fourth-order valence-corrected chi connectivity index (χ4v) is 13.0. The number of hydrogen-bond acceptors (Lipinski definition) is 15. The lowest BCUT2D eigenvalue weighted by Gasteiger charge is -2.21. The van der Waals surface area contributed by atoms with Crippen LogP contribution in [0.15, 0.2) is 0 Å². The quantitative estimate of drug-likeness (QED) is 0.0222. The average molecular weight is 1380 g/mol. The molecule has 0 radical (unpaired) electrons. The summed E-state index contributed by atoms with van der Waals surface area (Å²) in [6.07, 6.45) is 51.3. The van der Waals surface area contributed by atoms with E-state index in [-0.39, 0.29) is 25.7 Å². The molecule has 0 aromatic rings. The van der Waals surface area contributed by atoms with Crippen molar-refractivity contribution in [1.29, 1.82) is 0 Å². The van der Waals surface area contributed by atoms with Crippen LogP contribution in [0.5, 0.6) is 0 Å². The lowest BCUT2D eigenvalue weighted by molar-refractivity contribution is -0.161. The first-order valence-corrected chi connectivity index (χ1v) is 41.9. The molecule has 0 aliphatic rings. The van der Waals surface area contributed by atoms with Crippen LogP contribution >= 0.6 is 15.6 Å². The molecule has 0 saturated carbocycles. The van der Waals surface area contributed by atoms with Crippen molar-refractivity contribution in [1.82, 2.24) is 0 Å². The standard InChI is InChI=1S/C75H146O17P2/c1-8-10-11-12-13-35-42-49-56-72(77)85-62-70(91-75(80)59-52-45-38-31-25-24-27-33-40-47-54-67(5)6)64-89-93(81,82)87-60-69(76)61-88-94(83,84)90-65-71(63-86-73(78)57-50-43-36-29-22-19-18-20-26-32-39-46-53-66(3)4)92-74(79)58-51-44-37-30-23-17-15-14-16-21-28-34-41-48-55-68(7)9-2/h66-71,76H,8-65H2,1-7H3,(H,81,82)(H,83,84)/t68?,69-,70+,71+/m0/s1. The van der Waals surface area contributed by atoms with E-state index >= 15 is 0 Å². The van der Waals surface area contributed by atoms with Crippen molar-refractivity contribution >= 4 is 39.5 Å². The second-order valence-electron chi connectivity index (χ2n) is 28.2. The Morgan fingerprint density at radius 2 is 0.543 bits per heavy atom. The number of ether oxygens (including phenoxy) is 4. The van der Waals surface area contributed by atoms with Gasteiger partial charge in [-0.2, -0.15) is 0 Å². The Morgan fingerprint density at radius 1 is 0.309 bits per heavy atom. The molecule has 558 valence electrons. The first kappa shape index (κ1) is 92.1. The molecule has 6 atom stereocenters. The highest BCUT2D eigenvalue weighted by molar-refractivity contribution is 7.47. The van der Waals surface area contributed by atoms with Gasteiger partial charge < -0.3 is 33.8 Å². The zero-order valence-corrected chi connectivity index (χ0v) is 63.2. The molecule has 94 heavy (non-hydrogen) atoms. The topological polar surface area (TPSA) is 237 Å². The van der Waals surface area contributed by atoms with Crippen LogP contribution in [0.2, 0.25) is 0 Å². The lowest BCUT2D eigenvalue weighted by atomic mass is 9.99. The molecular weight excluding hydrogens is 1230 g/mol. The van der Waals surface area contributed by atoms with Gasteiger partial charge in [0.15, 0.2) is 12.2 Å². The fourth-order valence-electron chi connectivity index (χ4n) is 11.4. The molecule has 0 fully saturated rings. The van der Waals surface area contributed by atoms with Crippen LogP contribution in [0.1, 0.15) is 382 Å². The van der Waals surface area contributed by atoms with Crippen LogP contribution < -0.4 is 0 Å². The summed E-state index contributed by atoms with van der Waals surface area (Å²) in [4.78, 5) is 72.7. The number of carbonyl (C=O) groups excluding carboxylic acids is 4. The van der Waals surface area contributed by atoms with Gasteiger partial charge in [0, 0.05) is 25.7 Å². The van der Waals surface area contributed by atoms with Gasteiger partial charge in [0.25, 0.3) is 0 Å². The average Bonchev–Trinajstić information content (AvgIpc) is 1.44. The minimum atomic E-state index is -4.96. The summed E-state index contributed by atoms with van der Waals surface area (Å²) in [6, 6.07) is 0. The van der Waals surface area contributed by atoms with Crippen LogP contribution in [0, 0.1) is 17.8 Å². The molecule has 0 aromatic carbocycles. The third-order valence-electron chi connectivity index (χ3n) is 17.7. The van der Waals surface area contributed by atoms with Gasteiger partial charge in [-0.1, -0.05) is 331 Å². The molecule has 0 rings (SSSR count). The van der Waals surface area contributed by atoms with Crippen LogP contribution in [-0.4, -0.2) is 96.7 Å². The highest BCUT2D eigenvalue weighted by atomic mass is 31.2. The van der Waals surface area contributed by atoms with Gasteiger partial charge in [0.1, 0.15) is 19.3 Å². The van der Waals surface area contributed by atoms with E-state index in [1.807, 2.05) is 0 Å². The zero-order chi connectivity index (χ0) is 69.4. The SMILES string of the molecule is CCCCCCCCCCC(=O)OC[C@H](COP(=O)(O)OC[C@H](O)COP(=O)(O)OC[C@@H](COC(=O)CCCCCCCCCCCCCCC(C)C)OC(=O)CCCCCCCCCCCCCCCCC(C)CC)OC(=O)CCCCCCCCCCCCC(C)C. The van der Waals surface area contributed by atoms with E-state index < -0.39 is 97.5 Å². The smallest absolute Gasteiger partial charge is 0.462 e. The molecule has 0 aliphatic heterocycles. The van der Waals surface area contributed by atoms with Crippen molar-refractivity contribution in [3.63, 3.8) is 0 Å². The van der Waals surface area contributed by atoms with Crippen molar-refractivity contribution in [2.75, 3.05) is 39.6 Å². The molecular formula is C75H146O17P2. The number of unbranched alkanes of at least 4 members (excludes halogenated alkanes) is 40. The van der Waals surface area contributed by atoms with Crippen molar-refractivity contribution in [3.05, 3.63) is 0 Å². The molecule has 3 unspecified atom stereocenters. The Labute approximate surface area is 575 Å². The highest BCUT2D eigenvalue weighted by Crippen LogP contribution is 2.45. The Bertz CT molecular complexity index is 1840. The number of hydrogen-bond donors (Lipinski definition) is 3. The van der Waals surface area contributed by atoms with Gasteiger partial charge in [-0.15, -0.1) is 0 Å². The lowest BCUT2D eigenvalue weighted by Crippen LogP contribution is -2.30. The Balaban J connectivity index is 5.22. The zero-order valence-electron chi connectivity index (χ0n) is 61.4. The molecule has 17 nitrogen and oxygen atoms in total. The van der Waals surface area contributed by atoms with E-state index in [4.69, 9.17) is 37.0 Å². The molecule has 0 spiro atoms. The Kier molecular flexibility index (Phi) is 64.3. The van der Waals surface area contributed by atoms with Crippen LogP contribution in [-0.2, 0) is 65.4 Å². The molecule has 0 aliphatic carbocycles. The van der Waals surface area contributed by atoms with Gasteiger partial charge in [0.05, 0.1) is 26.4 Å². The number of esters is 4. The maximum absolute atomic E-state index is 13.1. The van der Waals surface area contributed by atoms with Crippen molar-refractivity contribution in [3.8, 4) is 0 Å². The molecule has 3 N–H and O–H groups in total. The van der Waals surface area contributed by atoms with Crippen LogP contribution in [0.3, 0.4) is 0 Å². The predicted molar refractivity (Wildman–Crippen MR) is 381 cm³/mol. The number of carbonyl (C=O) groups is 4. The maximum atomic E-state index is 13.1. The van der Waals surface area contributed by atoms with E-state index in [2.05, 4.69) is 48.5 Å². The van der Waals surface area contributed by atoms with Gasteiger partial charge in [-0.3, -0.25) is 37.3 Å². The minimum absolute atomic E-state index is 0.106. The minimum Gasteiger partial charge on any atom is -0.462 e. The summed E-state index contributed by atoms with van der Waals surface area (Å²) in [5.41, 5.74) is 0. The molecule has 0 bridgehead atoms. The van der Waals surface area contributed by atoms with E-state index in [0.717, 1.165) is 114 Å². The summed E-state index contributed by atoms with van der Waals surface area (Å²) in [5, 5.41) is 10.6. The van der Waals surface area contributed by atoms with Crippen molar-refractivity contribution in [2.45, 2.75) is 401 Å². The van der Waals surface area contributed by atoms with E-state index in [1.165, 1.54) is 186 Å².